The molecule has 4 rings (SSSR count). The van der Waals surface area contributed by atoms with Crippen molar-refractivity contribution in [2.45, 2.75) is 25.7 Å². The van der Waals surface area contributed by atoms with E-state index in [0.717, 1.165) is 56.8 Å². The Morgan fingerprint density at radius 3 is 2.46 bits per heavy atom. The fraction of sp³-hybridized carbons (Fsp3) is 0.400. The largest absolute Gasteiger partial charge is 0.465 e. The van der Waals surface area contributed by atoms with Gasteiger partial charge in [-0.05, 0) is 61.6 Å². The molecule has 0 bridgehead atoms. The Bertz CT molecular complexity index is 819. The lowest BCUT2D eigenvalue weighted by atomic mass is 10.1. The first-order valence-corrected chi connectivity index (χ1v) is 9.14. The van der Waals surface area contributed by atoms with Crippen LogP contribution in [0.4, 0.5) is 11.5 Å². The van der Waals surface area contributed by atoms with Gasteiger partial charge in [0.05, 0.1) is 12.7 Å². The number of hydrogen-bond acceptors (Lipinski definition) is 4. The number of methoxy groups -OCH3 is 1. The predicted molar refractivity (Wildman–Crippen MR) is 99.0 cm³/mol. The van der Waals surface area contributed by atoms with Crippen molar-refractivity contribution in [1.82, 2.24) is 9.88 Å². The number of fused-ring (bicyclic) bond motifs is 1. The number of aromatic nitrogens is 1. The molecule has 0 unspecified atom stereocenters. The van der Waals surface area contributed by atoms with Crippen molar-refractivity contribution in [3.63, 3.8) is 0 Å². The maximum atomic E-state index is 12.7. The molecule has 136 valence electrons. The Balaban J connectivity index is 1.60. The quantitative estimate of drug-likeness (QED) is 0.861. The number of aromatic amines is 1. The second kappa shape index (κ2) is 6.86. The summed E-state index contributed by atoms with van der Waals surface area (Å²) in [7, 11) is 1.38. The number of carbonyl (C=O) groups is 2. The second-order valence-corrected chi connectivity index (χ2v) is 6.85. The molecule has 0 aliphatic carbocycles. The number of carbonyl (C=O) groups excluding carboxylic acids is 2. The van der Waals surface area contributed by atoms with Crippen LogP contribution in [0.3, 0.4) is 0 Å². The van der Waals surface area contributed by atoms with Gasteiger partial charge in [-0.25, -0.2) is 4.79 Å². The number of amides is 1. The topological polar surface area (TPSA) is 65.6 Å². The zero-order chi connectivity index (χ0) is 18.1. The molecule has 0 saturated carbocycles. The van der Waals surface area contributed by atoms with Gasteiger partial charge in [-0.3, -0.25) is 4.79 Å². The van der Waals surface area contributed by atoms with E-state index in [1.54, 1.807) is 12.1 Å². The van der Waals surface area contributed by atoms with E-state index in [4.69, 9.17) is 4.74 Å². The van der Waals surface area contributed by atoms with Crippen molar-refractivity contribution < 1.29 is 14.3 Å². The van der Waals surface area contributed by atoms with Crippen LogP contribution in [0.15, 0.2) is 30.3 Å². The van der Waals surface area contributed by atoms with E-state index in [9.17, 15) is 9.59 Å². The van der Waals surface area contributed by atoms with E-state index < -0.39 is 0 Å². The monoisotopic (exact) mass is 353 g/mol. The number of esters is 1. The molecule has 6 heteroatoms. The SMILES string of the molecule is COC(=O)c1ccc(N2CCCc3cc(C(=O)N4CCCC4)[nH]c32)cc1. The molecule has 1 aromatic carbocycles. The van der Waals surface area contributed by atoms with Crippen molar-refractivity contribution in [2.75, 3.05) is 31.6 Å². The van der Waals surface area contributed by atoms with E-state index in [-0.39, 0.29) is 11.9 Å². The first-order valence-electron chi connectivity index (χ1n) is 9.14. The van der Waals surface area contributed by atoms with Crippen molar-refractivity contribution in [1.29, 1.82) is 0 Å². The van der Waals surface area contributed by atoms with Gasteiger partial charge in [-0.15, -0.1) is 0 Å². The van der Waals surface area contributed by atoms with E-state index in [1.165, 1.54) is 12.7 Å². The molecule has 6 nitrogen and oxygen atoms in total. The number of anilines is 2. The van der Waals surface area contributed by atoms with Crippen LogP contribution in [0.5, 0.6) is 0 Å². The van der Waals surface area contributed by atoms with Crippen LogP contribution in [0.1, 0.15) is 45.7 Å². The molecule has 3 heterocycles. The standard InChI is InChI=1S/C20H23N3O3/c1-26-20(25)14-6-8-16(9-7-14)23-12-4-5-15-13-17(21-18(15)23)19(24)22-10-2-3-11-22/h6-9,13,21H,2-5,10-12H2,1H3. The smallest absolute Gasteiger partial charge is 0.337 e. The minimum Gasteiger partial charge on any atom is -0.465 e. The number of aryl methyl sites for hydroxylation is 1. The van der Waals surface area contributed by atoms with Crippen molar-refractivity contribution in [3.8, 4) is 0 Å². The summed E-state index contributed by atoms with van der Waals surface area (Å²) in [6.45, 7) is 2.57. The highest BCUT2D eigenvalue weighted by Crippen LogP contribution is 2.34. The maximum absolute atomic E-state index is 12.7. The van der Waals surface area contributed by atoms with E-state index >= 15 is 0 Å². The molecule has 1 amide bonds. The first-order chi connectivity index (χ1) is 12.7. The Morgan fingerprint density at radius 2 is 1.77 bits per heavy atom. The molecule has 0 radical (unpaired) electrons. The fourth-order valence-electron chi connectivity index (χ4n) is 3.82. The van der Waals surface area contributed by atoms with Gasteiger partial charge in [0, 0.05) is 25.3 Å². The number of nitrogens with one attached hydrogen (secondary N) is 1. The Labute approximate surface area is 152 Å². The number of hydrogen-bond donors (Lipinski definition) is 1. The fourth-order valence-corrected chi connectivity index (χ4v) is 3.82. The summed E-state index contributed by atoms with van der Waals surface area (Å²) in [6, 6.07) is 9.39. The van der Waals surface area contributed by atoms with Crippen molar-refractivity contribution in [3.05, 3.63) is 47.2 Å². The highest BCUT2D eigenvalue weighted by atomic mass is 16.5. The third kappa shape index (κ3) is 2.96. The van der Waals surface area contributed by atoms with Gasteiger partial charge in [-0.2, -0.15) is 0 Å². The van der Waals surface area contributed by atoms with Crippen LogP contribution in [-0.2, 0) is 11.2 Å². The summed E-state index contributed by atoms with van der Waals surface area (Å²) in [5.41, 5.74) is 3.39. The normalized spacial score (nSPS) is 16.5. The molecular weight excluding hydrogens is 330 g/mol. The highest BCUT2D eigenvalue weighted by Gasteiger charge is 2.26. The van der Waals surface area contributed by atoms with Gasteiger partial charge in [-0.1, -0.05) is 0 Å². The van der Waals surface area contributed by atoms with Crippen LogP contribution in [0.2, 0.25) is 0 Å². The summed E-state index contributed by atoms with van der Waals surface area (Å²) in [4.78, 5) is 31.8. The lowest BCUT2D eigenvalue weighted by Gasteiger charge is -2.28. The molecule has 0 atom stereocenters. The van der Waals surface area contributed by atoms with Gasteiger partial charge in [0.15, 0.2) is 0 Å². The molecule has 26 heavy (non-hydrogen) atoms. The van der Waals surface area contributed by atoms with Crippen LogP contribution in [-0.4, -0.2) is 48.5 Å². The predicted octanol–water partition coefficient (Wildman–Crippen LogP) is 3.12. The van der Waals surface area contributed by atoms with Gasteiger partial charge in [0.25, 0.3) is 5.91 Å². The van der Waals surface area contributed by atoms with Crippen LogP contribution >= 0.6 is 0 Å². The number of rotatable bonds is 3. The third-order valence-electron chi connectivity index (χ3n) is 5.20. The zero-order valence-electron chi connectivity index (χ0n) is 15.0. The van der Waals surface area contributed by atoms with E-state index in [0.29, 0.717) is 11.3 Å². The zero-order valence-corrected chi connectivity index (χ0v) is 15.0. The number of ether oxygens (including phenoxy) is 1. The summed E-state index contributed by atoms with van der Waals surface area (Å²) in [5.74, 6) is 0.747. The van der Waals surface area contributed by atoms with Crippen LogP contribution in [0, 0.1) is 0 Å². The highest BCUT2D eigenvalue weighted by molar-refractivity contribution is 5.94. The average Bonchev–Trinajstić information content (AvgIpc) is 3.36. The Morgan fingerprint density at radius 1 is 1.04 bits per heavy atom. The molecule has 2 aliphatic rings. The molecule has 2 aromatic rings. The van der Waals surface area contributed by atoms with Crippen molar-refractivity contribution in [2.24, 2.45) is 0 Å². The van der Waals surface area contributed by atoms with Crippen molar-refractivity contribution >= 4 is 23.4 Å². The van der Waals surface area contributed by atoms with Gasteiger partial charge >= 0.3 is 5.97 Å². The Hall–Kier alpha value is -2.76. The molecule has 1 fully saturated rings. The van der Waals surface area contributed by atoms with Crippen LogP contribution < -0.4 is 4.90 Å². The molecule has 1 aromatic heterocycles. The summed E-state index contributed by atoms with van der Waals surface area (Å²) >= 11 is 0. The molecule has 1 saturated heterocycles. The van der Waals surface area contributed by atoms with E-state index in [2.05, 4.69) is 9.88 Å². The second-order valence-electron chi connectivity index (χ2n) is 6.85. The van der Waals surface area contributed by atoms with Gasteiger partial charge in [0.1, 0.15) is 11.5 Å². The molecule has 0 spiro atoms. The average molecular weight is 353 g/mol. The van der Waals surface area contributed by atoms with Gasteiger partial charge < -0.3 is 19.5 Å². The maximum Gasteiger partial charge on any atom is 0.337 e. The lowest BCUT2D eigenvalue weighted by Crippen LogP contribution is -2.28. The number of H-pyrrole nitrogens is 1. The lowest BCUT2D eigenvalue weighted by molar-refractivity contribution is 0.0600. The molecule has 1 N–H and O–H groups in total. The third-order valence-corrected chi connectivity index (χ3v) is 5.20. The first kappa shape index (κ1) is 16.7. The molecule has 2 aliphatic heterocycles. The summed E-state index contributed by atoms with van der Waals surface area (Å²) < 4.78 is 4.76. The summed E-state index contributed by atoms with van der Waals surface area (Å²) in [5, 5.41) is 0. The number of benzene rings is 1. The summed E-state index contributed by atoms with van der Waals surface area (Å²) in [6.07, 6.45) is 4.17. The minimum atomic E-state index is -0.339. The van der Waals surface area contributed by atoms with Crippen LogP contribution in [0.25, 0.3) is 0 Å². The number of likely N-dealkylation sites (tertiary alicyclic amines) is 1. The van der Waals surface area contributed by atoms with E-state index in [1.807, 2.05) is 23.1 Å². The Kier molecular flexibility index (Phi) is 4.41. The minimum absolute atomic E-state index is 0.0953. The number of nitrogens with zero attached hydrogens (tertiary/aromatic N) is 2. The molecular formula is C20H23N3O3. The van der Waals surface area contributed by atoms with Gasteiger partial charge in [0.2, 0.25) is 0 Å².